The fourth-order valence-corrected chi connectivity index (χ4v) is 6.51. The molecule has 5 rings (SSSR count). The molecule has 0 aromatic heterocycles. The topological polar surface area (TPSA) is 55.8 Å². The Morgan fingerprint density at radius 3 is 2.26 bits per heavy atom. The molecule has 5 nitrogen and oxygen atoms in total. The molecule has 2 aromatic carbocycles. The molecule has 3 aliphatic rings. The summed E-state index contributed by atoms with van der Waals surface area (Å²) < 4.78 is 12.5. The molecule has 0 unspecified atom stereocenters. The van der Waals surface area contributed by atoms with Gasteiger partial charge in [0.05, 0.1) is 6.61 Å². The zero-order valence-electron chi connectivity index (χ0n) is 22.9. The van der Waals surface area contributed by atoms with Crippen molar-refractivity contribution in [2.24, 2.45) is 0 Å². The molecule has 6 heteroatoms. The van der Waals surface area contributed by atoms with E-state index in [1.165, 1.54) is 0 Å². The molecule has 0 saturated carbocycles. The molecule has 0 N–H and O–H groups in total. The Kier molecular flexibility index (Phi) is 8.27. The smallest absolute Gasteiger partial charge is 0.165 e. The number of halogens is 1. The summed E-state index contributed by atoms with van der Waals surface area (Å²) in [5, 5.41) is 0.656. The molecule has 0 atom stereocenters. The largest absolute Gasteiger partial charge is 0.490 e. The minimum atomic E-state index is -0.386. The maximum Gasteiger partial charge on any atom is 0.165 e. The van der Waals surface area contributed by atoms with Crippen LogP contribution in [0, 0.1) is 0 Å². The summed E-state index contributed by atoms with van der Waals surface area (Å²) >= 11 is 6.19. The van der Waals surface area contributed by atoms with Gasteiger partial charge in [0.25, 0.3) is 0 Å². The van der Waals surface area contributed by atoms with Gasteiger partial charge < -0.3 is 14.4 Å². The fraction of sp³-hybridized carbons (Fsp3) is 0.394. The van der Waals surface area contributed by atoms with Crippen molar-refractivity contribution in [1.82, 2.24) is 4.90 Å². The van der Waals surface area contributed by atoms with E-state index in [0.29, 0.717) is 49.0 Å². The number of Topliss-reactive ketones (excluding diaryl/α,β-unsaturated/α-hetero) is 2. The van der Waals surface area contributed by atoms with Crippen molar-refractivity contribution in [3.8, 4) is 11.5 Å². The second-order valence-corrected chi connectivity index (χ2v) is 10.7. The maximum atomic E-state index is 13.5. The van der Waals surface area contributed by atoms with Crippen molar-refractivity contribution in [1.29, 1.82) is 0 Å². The number of hydrogen-bond donors (Lipinski definition) is 0. The summed E-state index contributed by atoms with van der Waals surface area (Å²) in [6.07, 6.45) is 6.84. The third-order valence-electron chi connectivity index (χ3n) is 7.83. The van der Waals surface area contributed by atoms with Crippen LogP contribution in [0.15, 0.2) is 71.6 Å². The first-order chi connectivity index (χ1) is 19.0. The molecule has 0 fully saturated rings. The number of rotatable bonds is 9. The average molecular weight is 546 g/mol. The quantitative estimate of drug-likeness (QED) is 0.306. The molecule has 2 aliphatic carbocycles. The van der Waals surface area contributed by atoms with Crippen molar-refractivity contribution < 1.29 is 19.1 Å². The van der Waals surface area contributed by atoms with Crippen LogP contribution in [0.2, 0.25) is 5.02 Å². The van der Waals surface area contributed by atoms with Crippen molar-refractivity contribution in [2.45, 2.75) is 71.3 Å². The van der Waals surface area contributed by atoms with Crippen molar-refractivity contribution in [2.75, 3.05) is 13.2 Å². The van der Waals surface area contributed by atoms with Gasteiger partial charge in [-0.15, -0.1) is 6.58 Å². The first-order valence-electron chi connectivity index (χ1n) is 14.0. The molecule has 1 aliphatic heterocycles. The average Bonchev–Trinajstić information content (AvgIpc) is 2.92. The Labute approximate surface area is 236 Å². The molecule has 0 saturated heterocycles. The predicted octanol–water partition coefficient (Wildman–Crippen LogP) is 7.48. The number of carbonyl (C=O) groups excluding carboxylic acids is 2. The van der Waals surface area contributed by atoms with E-state index in [-0.39, 0.29) is 17.5 Å². The SMILES string of the molecule is C=CCc1cc(C2C3=C(CCCC3=O)N(CC)C3=C2C(=O)CCC3)cc(OCC)c1OCc1cccc(Cl)c1. The second kappa shape index (κ2) is 11.8. The number of ketones is 2. The standard InChI is InChI=1S/C33H36ClNO4/c1-4-10-22-18-23(19-29(38-6-3)33(22)39-20-21-11-7-12-24(34)17-21)30-31-25(13-8-15-27(31)36)35(5-2)26-14-9-16-28(37)32(26)30/h4,7,11-12,17-19,30H,1,5-6,8-10,13-16,20H2,2-3H3. The van der Waals surface area contributed by atoms with Crippen LogP contribution in [-0.4, -0.2) is 29.6 Å². The van der Waals surface area contributed by atoms with Crippen LogP contribution in [0.25, 0.3) is 0 Å². The highest BCUT2D eigenvalue weighted by Gasteiger charge is 2.43. The lowest BCUT2D eigenvalue weighted by molar-refractivity contribution is -0.117. The van der Waals surface area contributed by atoms with Gasteiger partial charge in [-0.2, -0.15) is 0 Å². The lowest BCUT2D eigenvalue weighted by Crippen LogP contribution is -2.39. The summed E-state index contributed by atoms with van der Waals surface area (Å²) in [5.74, 6) is 1.17. The van der Waals surface area contributed by atoms with E-state index in [9.17, 15) is 9.59 Å². The van der Waals surface area contributed by atoms with Crippen molar-refractivity contribution >= 4 is 23.2 Å². The number of benzene rings is 2. The molecule has 39 heavy (non-hydrogen) atoms. The van der Waals surface area contributed by atoms with Crippen molar-refractivity contribution in [3.05, 3.63) is 93.3 Å². The van der Waals surface area contributed by atoms with Gasteiger partial charge in [0.1, 0.15) is 6.61 Å². The highest BCUT2D eigenvalue weighted by molar-refractivity contribution is 6.30. The summed E-state index contributed by atoms with van der Waals surface area (Å²) in [6, 6.07) is 11.7. The molecular weight excluding hydrogens is 510 g/mol. The lowest BCUT2D eigenvalue weighted by atomic mass is 9.70. The lowest BCUT2D eigenvalue weighted by Gasteiger charge is -2.43. The first-order valence-corrected chi connectivity index (χ1v) is 14.4. The number of allylic oxidation sites excluding steroid dienone is 5. The highest BCUT2D eigenvalue weighted by Crippen LogP contribution is 2.50. The molecule has 1 heterocycles. The molecule has 0 bridgehead atoms. The van der Waals surface area contributed by atoms with Crippen LogP contribution in [0.1, 0.15) is 75.0 Å². The molecular formula is C33H36ClNO4. The molecule has 0 spiro atoms. The zero-order chi connectivity index (χ0) is 27.5. The van der Waals surface area contributed by atoms with E-state index in [1.807, 2.05) is 43.3 Å². The fourth-order valence-electron chi connectivity index (χ4n) is 6.30. The number of ether oxygens (including phenoxy) is 2. The van der Waals surface area contributed by atoms with Gasteiger partial charge in [0.2, 0.25) is 0 Å². The Balaban J connectivity index is 1.66. The monoisotopic (exact) mass is 545 g/mol. The number of nitrogens with zero attached hydrogens (tertiary/aromatic N) is 1. The second-order valence-electron chi connectivity index (χ2n) is 10.3. The summed E-state index contributed by atoms with van der Waals surface area (Å²) in [4.78, 5) is 29.3. The summed E-state index contributed by atoms with van der Waals surface area (Å²) in [5.41, 5.74) is 6.55. The van der Waals surface area contributed by atoms with Gasteiger partial charge >= 0.3 is 0 Å². The minimum Gasteiger partial charge on any atom is -0.490 e. The van der Waals surface area contributed by atoms with Gasteiger partial charge in [-0.1, -0.05) is 35.9 Å². The van der Waals surface area contributed by atoms with Crippen LogP contribution < -0.4 is 9.47 Å². The highest BCUT2D eigenvalue weighted by atomic mass is 35.5. The van der Waals surface area contributed by atoms with Crippen LogP contribution >= 0.6 is 11.6 Å². The maximum absolute atomic E-state index is 13.5. The van der Waals surface area contributed by atoms with Gasteiger partial charge in [-0.25, -0.2) is 0 Å². The van der Waals surface area contributed by atoms with E-state index in [0.717, 1.165) is 71.5 Å². The summed E-state index contributed by atoms with van der Waals surface area (Å²) in [7, 11) is 0. The van der Waals surface area contributed by atoms with E-state index in [2.05, 4.69) is 24.5 Å². The molecule has 2 aromatic rings. The Hall–Kier alpha value is -3.31. The Morgan fingerprint density at radius 2 is 1.67 bits per heavy atom. The molecule has 0 amide bonds. The van der Waals surface area contributed by atoms with Crippen LogP contribution in [-0.2, 0) is 22.6 Å². The van der Waals surface area contributed by atoms with Crippen LogP contribution in [0.4, 0.5) is 0 Å². The normalized spacial score (nSPS) is 17.8. The number of hydrogen-bond acceptors (Lipinski definition) is 5. The molecule has 204 valence electrons. The molecule has 0 radical (unpaired) electrons. The summed E-state index contributed by atoms with van der Waals surface area (Å²) in [6.45, 7) is 9.57. The Morgan fingerprint density at radius 1 is 0.974 bits per heavy atom. The van der Waals surface area contributed by atoms with E-state index >= 15 is 0 Å². The van der Waals surface area contributed by atoms with Gasteiger partial charge in [-0.05, 0) is 75.3 Å². The van der Waals surface area contributed by atoms with Crippen LogP contribution in [0.5, 0.6) is 11.5 Å². The zero-order valence-corrected chi connectivity index (χ0v) is 23.6. The van der Waals surface area contributed by atoms with E-state index in [1.54, 1.807) is 0 Å². The van der Waals surface area contributed by atoms with E-state index < -0.39 is 0 Å². The van der Waals surface area contributed by atoms with Crippen molar-refractivity contribution in [3.63, 3.8) is 0 Å². The first kappa shape index (κ1) is 27.3. The van der Waals surface area contributed by atoms with Crippen LogP contribution in [0.3, 0.4) is 0 Å². The Bertz CT molecular complexity index is 1330. The van der Waals surface area contributed by atoms with Gasteiger partial charge in [0, 0.05) is 58.4 Å². The third kappa shape index (κ3) is 5.29. The third-order valence-corrected chi connectivity index (χ3v) is 8.06. The number of carbonyl (C=O) groups is 2. The predicted molar refractivity (Wildman–Crippen MR) is 154 cm³/mol. The van der Waals surface area contributed by atoms with E-state index in [4.69, 9.17) is 21.1 Å². The minimum absolute atomic E-state index is 0.147. The van der Waals surface area contributed by atoms with Gasteiger partial charge in [0.15, 0.2) is 23.1 Å². The van der Waals surface area contributed by atoms with Gasteiger partial charge in [-0.3, -0.25) is 9.59 Å².